The van der Waals surface area contributed by atoms with Gasteiger partial charge in [-0.25, -0.2) is 0 Å². The van der Waals surface area contributed by atoms with Gasteiger partial charge in [-0.15, -0.1) is 0 Å². The molecule has 0 bridgehead atoms. The van der Waals surface area contributed by atoms with Crippen molar-refractivity contribution in [2.24, 2.45) is 11.5 Å². The first-order chi connectivity index (χ1) is 13.4. The van der Waals surface area contributed by atoms with E-state index in [0.717, 1.165) is 27.6 Å². The Morgan fingerprint density at radius 2 is 1.71 bits per heavy atom. The highest BCUT2D eigenvalue weighted by molar-refractivity contribution is 6.11. The zero-order chi connectivity index (χ0) is 20.7. The number of amides is 3. The molecular formula is C20H23N5O3. The van der Waals surface area contributed by atoms with Crippen molar-refractivity contribution in [3.8, 4) is 11.1 Å². The van der Waals surface area contributed by atoms with E-state index in [1.54, 1.807) is 7.05 Å². The second-order valence-electron chi connectivity index (χ2n) is 5.99. The van der Waals surface area contributed by atoms with Gasteiger partial charge in [-0.1, -0.05) is 36.4 Å². The van der Waals surface area contributed by atoms with Crippen LogP contribution in [0.15, 0.2) is 42.5 Å². The smallest absolute Gasteiger partial charge is 0.253 e. The number of hydrogen-bond acceptors (Lipinski definition) is 4. The third-order valence-corrected chi connectivity index (χ3v) is 4.12. The Labute approximate surface area is 162 Å². The van der Waals surface area contributed by atoms with Crippen LogP contribution in [0.4, 0.5) is 5.82 Å². The van der Waals surface area contributed by atoms with Crippen molar-refractivity contribution >= 4 is 34.9 Å². The number of aromatic nitrogens is 1. The Morgan fingerprint density at radius 3 is 2.25 bits per heavy atom. The molecule has 8 heteroatoms. The standard InChI is InChI=1S/C19H20N4O2.CH3NO/c1-11(24)22-10-12-3-5-13(6-4-12)14-7-8-15-16(9-14)23-19(21-2)17(15)18(20)25;2-1-3/h3-9,21,23H,10H2,1-2H3,(H2,20,25)(H,22,24);1H,(H2,2,3). The van der Waals surface area contributed by atoms with Gasteiger partial charge in [-0.3, -0.25) is 14.4 Å². The number of benzene rings is 2. The summed E-state index contributed by atoms with van der Waals surface area (Å²) in [4.78, 5) is 34.4. The maximum absolute atomic E-state index is 11.7. The van der Waals surface area contributed by atoms with E-state index in [-0.39, 0.29) is 12.3 Å². The molecule has 3 rings (SSSR count). The lowest BCUT2D eigenvalue weighted by molar-refractivity contribution is -0.119. The van der Waals surface area contributed by atoms with Crippen LogP contribution in [0, 0.1) is 0 Å². The molecule has 0 fully saturated rings. The van der Waals surface area contributed by atoms with E-state index in [0.29, 0.717) is 17.9 Å². The Kier molecular flexibility index (Phi) is 6.75. The lowest BCUT2D eigenvalue weighted by atomic mass is 10.0. The van der Waals surface area contributed by atoms with E-state index in [9.17, 15) is 9.59 Å². The number of nitrogens with two attached hydrogens (primary N) is 2. The summed E-state index contributed by atoms with van der Waals surface area (Å²) in [5, 5.41) is 6.54. The Morgan fingerprint density at radius 1 is 1.11 bits per heavy atom. The molecule has 146 valence electrons. The van der Waals surface area contributed by atoms with E-state index in [1.165, 1.54) is 6.92 Å². The van der Waals surface area contributed by atoms with Crippen molar-refractivity contribution < 1.29 is 14.4 Å². The molecule has 0 saturated carbocycles. The molecule has 0 aliphatic rings. The highest BCUT2D eigenvalue weighted by atomic mass is 16.1. The molecular weight excluding hydrogens is 358 g/mol. The maximum Gasteiger partial charge on any atom is 0.253 e. The molecule has 0 aliphatic heterocycles. The third kappa shape index (κ3) is 4.67. The number of aromatic amines is 1. The van der Waals surface area contributed by atoms with E-state index in [1.807, 2.05) is 42.5 Å². The first-order valence-electron chi connectivity index (χ1n) is 8.53. The summed E-state index contributed by atoms with van der Waals surface area (Å²) in [5.74, 6) is 0.0999. The lowest BCUT2D eigenvalue weighted by Crippen LogP contribution is -2.18. The molecule has 8 nitrogen and oxygen atoms in total. The van der Waals surface area contributed by atoms with E-state index >= 15 is 0 Å². The minimum absolute atomic E-state index is 0.0492. The van der Waals surface area contributed by atoms with Crippen molar-refractivity contribution in [1.29, 1.82) is 0 Å². The fraction of sp³-hybridized carbons (Fsp3) is 0.150. The average molecular weight is 381 g/mol. The van der Waals surface area contributed by atoms with Crippen LogP contribution in [-0.2, 0) is 16.1 Å². The number of carbonyl (C=O) groups is 3. The van der Waals surface area contributed by atoms with Crippen molar-refractivity contribution in [3.05, 3.63) is 53.6 Å². The molecule has 1 heterocycles. The van der Waals surface area contributed by atoms with Crippen LogP contribution in [0.2, 0.25) is 0 Å². The van der Waals surface area contributed by atoms with Crippen LogP contribution in [0.5, 0.6) is 0 Å². The number of H-pyrrole nitrogens is 1. The summed E-state index contributed by atoms with van der Waals surface area (Å²) in [7, 11) is 1.74. The van der Waals surface area contributed by atoms with E-state index in [2.05, 4.69) is 21.4 Å². The normalized spacial score (nSPS) is 9.93. The van der Waals surface area contributed by atoms with Crippen LogP contribution < -0.4 is 22.1 Å². The number of primary amides is 2. The summed E-state index contributed by atoms with van der Waals surface area (Å²) < 4.78 is 0. The monoisotopic (exact) mass is 381 g/mol. The molecule has 0 unspecified atom stereocenters. The molecule has 1 aromatic heterocycles. The SMILES string of the molecule is CNc1[nH]c2cc(-c3ccc(CNC(C)=O)cc3)ccc2c1C(N)=O.NC=O. The van der Waals surface area contributed by atoms with Gasteiger partial charge in [0.25, 0.3) is 5.91 Å². The van der Waals surface area contributed by atoms with Gasteiger partial charge >= 0.3 is 0 Å². The second kappa shape index (κ2) is 9.22. The van der Waals surface area contributed by atoms with Crippen LogP contribution in [0.1, 0.15) is 22.8 Å². The second-order valence-corrected chi connectivity index (χ2v) is 5.99. The van der Waals surface area contributed by atoms with Gasteiger partial charge in [-0.05, 0) is 22.8 Å². The number of anilines is 1. The molecule has 3 amide bonds. The fourth-order valence-electron chi connectivity index (χ4n) is 2.86. The Bertz CT molecular complexity index is 993. The molecule has 0 spiro atoms. The minimum atomic E-state index is -0.467. The molecule has 0 atom stereocenters. The zero-order valence-corrected chi connectivity index (χ0v) is 15.7. The van der Waals surface area contributed by atoms with Crippen molar-refractivity contribution in [1.82, 2.24) is 10.3 Å². The maximum atomic E-state index is 11.7. The van der Waals surface area contributed by atoms with Crippen LogP contribution in [0.25, 0.3) is 22.0 Å². The Hall–Kier alpha value is -3.81. The van der Waals surface area contributed by atoms with Gasteiger partial charge in [0.2, 0.25) is 12.3 Å². The average Bonchev–Trinajstić information content (AvgIpc) is 3.05. The summed E-state index contributed by atoms with van der Waals surface area (Å²) >= 11 is 0. The number of hydrogen-bond donors (Lipinski definition) is 5. The zero-order valence-electron chi connectivity index (χ0n) is 15.7. The van der Waals surface area contributed by atoms with Crippen LogP contribution in [-0.4, -0.2) is 30.3 Å². The third-order valence-electron chi connectivity index (χ3n) is 4.12. The molecule has 7 N–H and O–H groups in total. The molecule has 2 aromatic carbocycles. The van der Waals surface area contributed by atoms with Gasteiger partial charge in [0.15, 0.2) is 0 Å². The molecule has 3 aromatic rings. The highest BCUT2D eigenvalue weighted by Gasteiger charge is 2.15. The van der Waals surface area contributed by atoms with E-state index < -0.39 is 5.91 Å². The predicted molar refractivity (Wildman–Crippen MR) is 110 cm³/mol. The largest absolute Gasteiger partial charge is 0.374 e. The van der Waals surface area contributed by atoms with Gasteiger partial charge in [0.05, 0.1) is 5.56 Å². The summed E-state index contributed by atoms with van der Waals surface area (Å²) in [6.45, 7) is 2.01. The fourth-order valence-corrected chi connectivity index (χ4v) is 2.86. The molecule has 0 saturated heterocycles. The van der Waals surface area contributed by atoms with Crippen LogP contribution >= 0.6 is 0 Å². The number of rotatable bonds is 5. The van der Waals surface area contributed by atoms with Gasteiger partial charge in [0.1, 0.15) is 5.82 Å². The summed E-state index contributed by atoms with van der Waals surface area (Å²) in [5.41, 5.74) is 14.1. The van der Waals surface area contributed by atoms with E-state index in [4.69, 9.17) is 10.5 Å². The van der Waals surface area contributed by atoms with Crippen molar-refractivity contribution in [2.75, 3.05) is 12.4 Å². The van der Waals surface area contributed by atoms with Gasteiger partial charge < -0.3 is 27.1 Å². The number of nitrogens with one attached hydrogen (secondary N) is 3. The number of carbonyl (C=O) groups excluding carboxylic acids is 3. The first-order valence-corrected chi connectivity index (χ1v) is 8.53. The lowest BCUT2D eigenvalue weighted by Gasteiger charge is -2.06. The number of fused-ring (bicyclic) bond motifs is 1. The molecule has 0 aliphatic carbocycles. The predicted octanol–water partition coefficient (Wildman–Crippen LogP) is 1.71. The molecule has 0 radical (unpaired) electrons. The van der Waals surface area contributed by atoms with Crippen molar-refractivity contribution in [3.63, 3.8) is 0 Å². The molecule has 28 heavy (non-hydrogen) atoms. The van der Waals surface area contributed by atoms with Gasteiger partial charge in [0, 0.05) is 31.4 Å². The quantitative estimate of drug-likeness (QED) is 0.429. The van der Waals surface area contributed by atoms with Crippen molar-refractivity contribution in [2.45, 2.75) is 13.5 Å². The topological polar surface area (TPSA) is 143 Å². The minimum Gasteiger partial charge on any atom is -0.374 e. The van der Waals surface area contributed by atoms with Gasteiger partial charge in [-0.2, -0.15) is 0 Å². The summed E-state index contributed by atoms with van der Waals surface area (Å²) in [6.07, 6.45) is 0.250. The Balaban J connectivity index is 0.000000878. The summed E-state index contributed by atoms with van der Waals surface area (Å²) in [6, 6.07) is 13.8. The first kappa shape index (κ1) is 20.5. The highest BCUT2D eigenvalue weighted by Crippen LogP contribution is 2.30. The van der Waals surface area contributed by atoms with Crippen LogP contribution in [0.3, 0.4) is 0 Å².